The number of benzene rings is 2. The fourth-order valence-electron chi connectivity index (χ4n) is 1.76. The van der Waals surface area contributed by atoms with Crippen LogP contribution in [0.4, 0.5) is 0 Å². The minimum absolute atomic E-state index is 0.245. The molecule has 0 amide bonds. The molecule has 0 spiro atoms. The first-order chi connectivity index (χ1) is 8.11. The highest BCUT2D eigenvalue weighted by molar-refractivity contribution is 6.34. The van der Waals surface area contributed by atoms with E-state index in [0.717, 1.165) is 11.1 Å². The molecule has 0 aliphatic heterocycles. The number of rotatable bonds is 2. The zero-order valence-electron chi connectivity index (χ0n) is 9.27. The van der Waals surface area contributed by atoms with Gasteiger partial charge in [0, 0.05) is 5.56 Å². The summed E-state index contributed by atoms with van der Waals surface area (Å²) in [5.74, 6) is -0.955. The molecular weight excluding hydrogens is 236 g/mol. The Morgan fingerprint density at radius 1 is 1.12 bits per heavy atom. The van der Waals surface area contributed by atoms with Crippen LogP contribution in [0.5, 0.6) is 0 Å². The molecule has 0 atom stereocenters. The Morgan fingerprint density at radius 2 is 1.76 bits per heavy atom. The van der Waals surface area contributed by atoms with Crippen LogP contribution in [0, 0.1) is 6.92 Å². The molecule has 0 aromatic heterocycles. The van der Waals surface area contributed by atoms with E-state index in [-0.39, 0.29) is 5.56 Å². The van der Waals surface area contributed by atoms with Gasteiger partial charge in [-0.15, -0.1) is 0 Å². The molecule has 2 aromatic carbocycles. The van der Waals surface area contributed by atoms with Gasteiger partial charge >= 0.3 is 5.97 Å². The van der Waals surface area contributed by atoms with E-state index < -0.39 is 5.97 Å². The standard InChI is InChI=1S/C14H11ClO2/c1-9-11(14(16)17)7-8-12(13(9)15)10-5-3-2-4-6-10/h2-8H,1H3,(H,16,17). The quantitative estimate of drug-likeness (QED) is 0.869. The molecule has 1 N–H and O–H groups in total. The third-order valence-corrected chi connectivity index (χ3v) is 3.19. The lowest BCUT2D eigenvalue weighted by Crippen LogP contribution is -2.00. The Morgan fingerprint density at radius 3 is 2.35 bits per heavy atom. The minimum atomic E-state index is -0.955. The molecule has 0 bridgehead atoms. The number of aromatic carboxylic acids is 1. The SMILES string of the molecule is Cc1c(C(=O)O)ccc(-c2ccccc2)c1Cl. The average molecular weight is 247 g/mol. The molecule has 0 aliphatic rings. The molecule has 0 saturated carbocycles. The van der Waals surface area contributed by atoms with Gasteiger partial charge in [-0.05, 0) is 24.1 Å². The van der Waals surface area contributed by atoms with Crippen molar-refractivity contribution < 1.29 is 9.90 Å². The molecular formula is C14H11ClO2. The highest BCUT2D eigenvalue weighted by Gasteiger charge is 2.13. The van der Waals surface area contributed by atoms with Gasteiger partial charge in [-0.1, -0.05) is 48.0 Å². The first-order valence-corrected chi connectivity index (χ1v) is 5.57. The molecule has 0 unspecified atom stereocenters. The smallest absolute Gasteiger partial charge is 0.336 e. The monoisotopic (exact) mass is 246 g/mol. The summed E-state index contributed by atoms with van der Waals surface area (Å²) in [6, 6.07) is 13.0. The zero-order chi connectivity index (χ0) is 12.4. The minimum Gasteiger partial charge on any atom is -0.478 e. The predicted molar refractivity (Wildman–Crippen MR) is 68.6 cm³/mol. The Kier molecular flexibility index (Phi) is 3.16. The third kappa shape index (κ3) is 2.17. The molecule has 17 heavy (non-hydrogen) atoms. The predicted octanol–water partition coefficient (Wildman–Crippen LogP) is 4.01. The number of halogens is 1. The highest BCUT2D eigenvalue weighted by atomic mass is 35.5. The van der Waals surface area contributed by atoms with E-state index in [1.165, 1.54) is 0 Å². The molecule has 0 heterocycles. The van der Waals surface area contributed by atoms with E-state index in [9.17, 15) is 4.79 Å². The number of hydrogen-bond acceptors (Lipinski definition) is 1. The van der Waals surface area contributed by atoms with E-state index >= 15 is 0 Å². The van der Waals surface area contributed by atoms with Gasteiger partial charge in [-0.25, -0.2) is 4.79 Å². The van der Waals surface area contributed by atoms with Crippen LogP contribution in [0.25, 0.3) is 11.1 Å². The van der Waals surface area contributed by atoms with E-state index in [0.29, 0.717) is 10.6 Å². The second-order valence-electron chi connectivity index (χ2n) is 3.77. The summed E-state index contributed by atoms with van der Waals surface area (Å²) in [6.07, 6.45) is 0. The zero-order valence-corrected chi connectivity index (χ0v) is 10.0. The molecule has 2 aromatic rings. The first-order valence-electron chi connectivity index (χ1n) is 5.19. The summed E-state index contributed by atoms with van der Waals surface area (Å²) < 4.78 is 0. The van der Waals surface area contributed by atoms with E-state index in [1.54, 1.807) is 19.1 Å². The van der Waals surface area contributed by atoms with Crippen molar-refractivity contribution in [3.63, 3.8) is 0 Å². The van der Waals surface area contributed by atoms with Gasteiger partial charge in [0.2, 0.25) is 0 Å². The lowest BCUT2D eigenvalue weighted by molar-refractivity contribution is 0.0696. The Balaban J connectivity index is 2.60. The molecule has 86 valence electrons. The fraction of sp³-hybridized carbons (Fsp3) is 0.0714. The van der Waals surface area contributed by atoms with Gasteiger partial charge in [0.15, 0.2) is 0 Å². The Bertz CT molecular complexity index is 562. The van der Waals surface area contributed by atoms with Crippen molar-refractivity contribution in [2.75, 3.05) is 0 Å². The number of carbonyl (C=O) groups is 1. The van der Waals surface area contributed by atoms with Crippen LogP contribution < -0.4 is 0 Å². The van der Waals surface area contributed by atoms with Gasteiger partial charge < -0.3 is 5.11 Å². The second kappa shape index (κ2) is 4.60. The van der Waals surface area contributed by atoms with Crippen LogP contribution in [-0.4, -0.2) is 11.1 Å². The summed E-state index contributed by atoms with van der Waals surface area (Å²) in [5, 5.41) is 9.49. The van der Waals surface area contributed by atoms with Gasteiger partial charge in [-0.3, -0.25) is 0 Å². The summed E-state index contributed by atoms with van der Waals surface area (Å²) in [6.45, 7) is 1.72. The Hall–Kier alpha value is -1.80. The summed E-state index contributed by atoms with van der Waals surface area (Å²) >= 11 is 6.21. The van der Waals surface area contributed by atoms with Crippen molar-refractivity contribution in [1.82, 2.24) is 0 Å². The largest absolute Gasteiger partial charge is 0.478 e. The molecule has 3 heteroatoms. The number of carboxylic acid groups (broad SMARTS) is 1. The molecule has 0 fully saturated rings. The van der Waals surface area contributed by atoms with E-state index in [4.69, 9.17) is 16.7 Å². The number of hydrogen-bond donors (Lipinski definition) is 1. The highest BCUT2D eigenvalue weighted by Crippen LogP contribution is 2.32. The van der Waals surface area contributed by atoms with Gasteiger partial charge in [0.1, 0.15) is 0 Å². The number of carboxylic acids is 1. The Labute approximate surface area is 104 Å². The van der Waals surface area contributed by atoms with Crippen molar-refractivity contribution in [2.45, 2.75) is 6.92 Å². The fourth-order valence-corrected chi connectivity index (χ4v) is 2.03. The van der Waals surface area contributed by atoms with Crippen LogP contribution in [0.3, 0.4) is 0 Å². The van der Waals surface area contributed by atoms with Crippen molar-refractivity contribution >= 4 is 17.6 Å². The molecule has 0 aliphatic carbocycles. The third-order valence-electron chi connectivity index (χ3n) is 2.70. The molecule has 2 nitrogen and oxygen atoms in total. The average Bonchev–Trinajstić information content (AvgIpc) is 2.33. The van der Waals surface area contributed by atoms with Crippen molar-refractivity contribution in [3.05, 3.63) is 58.6 Å². The van der Waals surface area contributed by atoms with Crippen LogP contribution in [0.2, 0.25) is 5.02 Å². The first kappa shape index (κ1) is 11.7. The van der Waals surface area contributed by atoms with Crippen LogP contribution in [0.1, 0.15) is 15.9 Å². The van der Waals surface area contributed by atoms with Gasteiger partial charge in [-0.2, -0.15) is 0 Å². The van der Waals surface area contributed by atoms with Gasteiger partial charge in [0.05, 0.1) is 10.6 Å². The normalized spacial score (nSPS) is 10.2. The molecule has 0 radical (unpaired) electrons. The molecule has 2 rings (SSSR count). The maximum Gasteiger partial charge on any atom is 0.336 e. The summed E-state index contributed by atoms with van der Waals surface area (Å²) in [5.41, 5.74) is 2.68. The summed E-state index contributed by atoms with van der Waals surface area (Å²) in [7, 11) is 0. The topological polar surface area (TPSA) is 37.3 Å². The van der Waals surface area contributed by atoms with Gasteiger partial charge in [0.25, 0.3) is 0 Å². The van der Waals surface area contributed by atoms with Crippen molar-refractivity contribution in [2.24, 2.45) is 0 Å². The summed E-state index contributed by atoms with van der Waals surface area (Å²) in [4.78, 5) is 11.0. The van der Waals surface area contributed by atoms with E-state index in [1.807, 2.05) is 30.3 Å². The maximum absolute atomic E-state index is 11.0. The van der Waals surface area contributed by atoms with Crippen LogP contribution >= 0.6 is 11.6 Å². The van der Waals surface area contributed by atoms with Crippen molar-refractivity contribution in [3.8, 4) is 11.1 Å². The van der Waals surface area contributed by atoms with Crippen molar-refractivity contribution in [1.29, 1.82) is 0 Å². The lowest BCUT2D eigenvalue weighted by atomic mass is 10.00. The second-order valence-corrected chi connectivity index (χ2v) is 4.15. The van der Waals surface area contributed by atoms with Crippen LogP contribution in [-0.2, 0) is 0 Å². The lowest BCUT2D eigenvalue weighted by Gasteiger charge is -2.09. The van der Waals surface area contributed by atoms with Crippen LogP contribution in [0.15, 0.2) is 42.5 Å². The van der Waals surface area contributed by atoms with E-state index in [2.05, 4.69) is 0 Å². The maximum atomic E-state index is 11.0. The molecule has 0 saturated heterocycles.